The van der Waals surface area contributed by atoms with Crippen molar-refractivity contribution in [3.8, 4) is 22.7 Å². The third-order valence-electron chi connectivity index (χ3n) is 5.03. The number of benzene rings is 2. The second-order valence-corrected chi connectivity index (χ2v) is 7.34. The molecule has 0 amide bonds. The minimum absolute atomic E-state index is 0.158. The molecule has 1 aliphatic heterocycles. The normalized spacial score (nSPS) is 13.3. The summed E-state index contributed by atoms with van der Waals surface area (Å²) in [6.07, 6.45) is 0.571. The van der Waals surface area contributed by atoms with Gasteiger partial charge in [0.05, 0.1) is 25.1 Å². The van der Waals surface area contributed by atoms with Crippen LogP contribution in [0.4, 0.5) is 18.9 Å². The largest absolute Gasteiger partial charge is 0.415 e. The summed E-state index contributed by atoms with van der Waals surface area (Å²) in [6.45, 7) is 1.84. The lowest BCUT2D eigenvalue weighted by atomic mass is 10.1. The van der Waals surface area contributed by atoms with E-state index in [9.17, 15) is 13.2 Å². The Balaban J connectivity index is 1.27. The Morgan fingerprint density at radius 2 is 1.91 bits per heavy atom. The first kappa shape index (κ1) is 20.7. The molecule has 3 heterocycles. The Morgan fingerprint density at radius 1 is 1.09 bits per heavy atom. The highest BCUT2D eigenvalue weighted by Crippen LogP contribution is 2.25. The summed E-state index contributed by atoms with van der Waals surface area (Å²) in [5.41, 5.74) is 3.22. The van der Waals surface area contributed by atoms with Gasteiger partial charge in [0.15, 0.2) is 5.96 Å². The summed E-state index contributed by atoms with van der Waals surface area (Å²) in [6, 6.07) is 12.0. The second-order valence-electron chi connectivity index (χ2n) is 7.34. The number of imidazole rings is 1. The molecule has 0 fully saturated rings. The Kier molecular flexibility index (Phi) is 5.51. The van der Waals surface area contributed by atoms with Crippen LogP contribution in [-0.2, 0) is 6.54 Å². The molecular weight excluding hydrogens is 435 g/mol. The van der Waals surface area contributed by atoms with Gasteiger partial charge in [-0.2, -0.15) is 8.78 Å². The number of aliphatic imine (C=N–C) groups is 1. The Bertz CT molecular complexity index is 1300. The maximum Gasteiger partial charge on any atom is 0.314 e. The number of alkyl halides is 2. The number of nitrogens with one attached hydrogen (secondary N) is 2. The van der Waals surface area contributed by atoms with Crippen molar-refractivity contribution < 1.29 is 17.6 Å². The van der Waals surface area contributed by atoms with Crippen molar-refractivity contribution in [2.24, 2.45) is 4.99 Å². The molecule has 5 rings (SSSR count). The topological polar surface area (TPSA) is 93.2 Å². The Hall–Kier alpha value is -4.15. The van der Waals surface area contributed by atoms with E-state index in [4.69, 9.17) is 4.42 Å². The molecule has 0 saturated heterocycles. The summed E-state index contributed by atoms with van der Waals surface area (Å²) in [5, 5.41) is 13.2. The van der Waals surface area contributed by atoms with E-state index in [1.807, 2.05) is 30.5 Å². The number of anilines is 1. The van der Waals surface area contributed by atoms with Gasteiger partial charge in [-0.05, 0) is 24.3 Å². The highest BCUT2D eigenvalue weighted by Gasteiger charge is 2.18. The number of hydrogen-bond acceptors (Lipinski definition) is 7. The second kappa shape index (κ2) is 8.77. The van der Waals surface area contributed by atoms with Gasteiger partial charge >= 0.3 is 6.43 Å². The quantitative estimate of drug-likeness (QED) is 0.457. The lowest BCUT2D eigenvalue weighted by Gasteiger charge is -2.07. The Morgan fingerprint density at radius 3 is 2.61 bits per heavy atom. The van der Waals surface area contributed by atoms with Crippen LogP contribution in [0.2, 0.25) is 0 Å². The van der Waals surface area contributed by atoms with E-state index in [1.54, 1.807) is 23.0 Å². The molecule has 0 aliphatic carbocycles. The molecule has 11 heteroatoms. The zero-order valence-electron chi connectivity index (χ0n) is 17.2. The minimum atomic E-state index is -2.88. The van der Waals surface area contributed by atoms with E-state index in [0.717, 1.165) is 36.0 Å². The first-order valence-corrected chi connectivity index (χ1v) is 10.1. The zero-order valence-corrected chi connectivity index (χ0v) is 17.2. The van der Waals surface area contributed by atoms with Crippen molar-refractivity contribution in [3.05, 3.63) is 72.3 Å². The zero-order chi connectivity index (χ0) is 22.8. The summed E-state index contributed by atoms with van der Waals surface area (Å²) in [4.78, 5) is 8.71. The van der Waals surface area contributed by atoms with Crippen LogP contribution in [0.1, 0.15) is 17.9 Å². The van der Waals surface area contributed by atoms with E-state index in [-0.39, 0.29) is 18.0 Å². The average Bonchev–Trinajstić information content (AvgIpc) is 3.58. The number of nitrogens with zero attached hydrogens (tertiary/aromatic N) is 5. The lowest BCUT2D eigenvalue weighted by Crippen LogP contribution is -2.26. The molecule has 8 nitrogen and oxygen atoms in total. The Labute approximate surface area is 186 Å². The first-order chi connectivity index (χ1) is 16.0. The monoisotopic (exact) mass is 453 g/mol. The molecule has 0 saturated carbocycles. The molecule has 2 N–H and O–H groups in total. The van der Waals surface area contributed by atoms with Crippen LogP contribution in [0.5, 0.6) is 0 Å². The maximum absolute atomic E-state index is 14.6. The van der Waals surface area contributed by atoms with E-state index in [1.165, 1.54) is 6.07 Å². The van der Waals surface area contributed by atoms with Crippen molar-refractivity contribution in [2.75, 3.05) is 18.4 Å². The van der Waals surface area contributed by atoms with Crippen molar-refractivity contribution >= 4 is 11.6 Å². The van der Waals surface area contributed by atoms with Gasteiger partial charge in [0.2, 0.25) is 5.89 Å². The summed E-state index contributed by atoms with van der Waals surface area (Å²) >= 11 is 0. The number of halogens is 3. The molecular formula is C22H18F3N7O. The number of rotatable bonds is 6. The fourth-order valence-electron chi connectivity index (χ4n) is 3.38. The maximum atomic E-state index is 14.6. The third kappa shape index (κ3) is 4.56. The van der Waals surface area contributed by atoms with Crippen LogP contribution in [0, 0.1) is 5.82 Å². The minimum Gasteiger partial charge on any atom is -0.415 e. The van der Waals surface area contributed by atoms with Crippen LogP contribution in [0.15, 0.2) is 64.4 Å². The van der Waals surface area contributed by atoms with Crippen LogP contribution in [0.3, 0.4) is 0 Å². The van der Waals surface area contributed by atoms with E-state index in [2.05, 4.69) is 30.8 Å². The van der Waals surface area contributed by atoms with Crippen LogP contribution < -0.4 is 10.6 Å². The lowest BCUT2D eigenvalue weighted by molar-refractivity contribution is 0.116. The average molecular weight is 453 g/mol. The fourth-order valence-corrected chi connectivity index (χ4v) is 3.38. The van der Waals surface area contributed by atoms with Crippen molar-refractivity contribution in [1.29, 1.82) is 0 Å². The van der Waals surface area contributed by atoms with Gasteiger partial charge in [-0.3, -0.25) is 4.99 Å². The number of guanidine groups is 1. The number of hydrogen-bond donors (Lipinski definition) is 2. The van der Waals surface area contributed by atoms with Gasteiger partial charge in [-0.15, -0.1) is 10.2 Å². The van der Waals surface area contributed by atoms with E-state index >= 15 is 0 Å². The molecule has 0 atom stereocenters. The summed E-state index contributed by atoms with van der Waals surface area (Å²) in [7, 11) is 0. The molecule has 168 valence electrons. The fraction of sp³-hybridized carbons (Fsp3) is 0.182. The predicted octanol–water partition coefficient (Wildman–Crippen LogP) is 4.10. The van der Waals surface area contributed by atoms with Crippen LogP contribution >= 0.6 is 0 Å². The molecule has 0 bridgehead atoms. The molecule has 4 aromatic rings. The molecule has 0 radical (unpaired) electrons. The van der Waals surface area contributed by atoms with Gasteiger partial charge in [-0.1, -0.05) is 18.2 Å². The van der Waals surface area contributed by atoms with Gasteiger partial charge < -0.3 is 19.6 Å². The van der Waals surface area contributed by atoms with Gasteiger partial charge in [-0.25, -0.2) is 9.37 Å². The highest BCUT2D eigenvalue weighted by atomic mass is 19.3. The third-order valence-corrected chi connectivity index (χ3v) is 5.03. The van der Waals surface area contributed by atoms with E-state index < -0.39 is 18.1 Å². The number of aromatic nitrogens is 4. The van der Waals surface area contributed by atoms with Gasteiger partial charge in [0.1, 0.15) is 5.82 Å². The van der Waals surface area contributed by atoms with Gasteiger partial charge in [0.25, 0.3) is 5.89 Å². The molecule has 2 aromatic carbocycles. The standard InChI is InChI=1S/C22H18F3N7O/c23-17-9-14(20-30-31-21(33-20)19(24)25)1-2-15(17)10-32-11-18(28-12-32)13-3-5-16(6-4-13)29-22-26-7-8-27-22/h1-6,9,11-12,19H,7-8,10H2,(H2,26,27,29). The van der Waals surface area contributed by atoms with Gasteiger partial charge in [0, 0.05) is 35.1 Å². The van der Waals surface area contributed by atoms with Crippen LogP contribution in [-0.4, -0.2) is 38.8 Å². The summed E-state index contributed by atoms with van der Waals surface area (Å²) in [5.74, 6) is -0.713. The smallest absolute Gasteiger partial charge is 0.314 e. The SMILES string of the molecule is Fc1cc(-c2nnc(C(F)F)o2)ccc1Cn1cnc(-c2ccc(NC3=NCCN3)cc2)c1. The molecule has 1 aliphatic rings. The van der Waals surface area contributed by atoms with Crippen molar-refractivity contribution in [3.63, 3.8) is 0 Å². The van der Waals surface area contributed by atoms with Crippen molar-refractivity contribution in [2.45, 2.75) is 13.0 Å². The first-order valence-electron chi connectivity index (χ1n) is 10.1. The molecule has 0 unspecified atom stereocenters. The predicted molar refractivity (Wildman–Crippen MR) is 115 cm³/mol. The van der Waals surface area contributed by atoms with E-state index in [0.29, 0.717) is 5.56 Å². The van der Waals surface area contributed by atoms with Crippen molar-refractivity contribution in [1.82, 2.24) is 25.1 Å². The molecule has 33 heavy (non-hydrogen) atoms. The highest BCUT2D eigenvalue weighted by molar-refractivity contribution is 5.94. The summed E-state index contributed by atoms with van der Waals surface area (Å²) < 4.78 is 46.5. The molecule has 0 spiro atoms. The van der Waals surface area contributed by atoms with Crippen LogP contribution in [0.25, 0.3) is 22.7 Å². The molecule has 2 aromatic heterocycles.